The highest BCUT2D eigenvalue weighted by molar-refractivity contribution is 5.85. The molecule has 0 fully saturated rings. The van der Waals surface area contributed by atoms with E-state index >= 15 is 0 Å². The van der Waals surface area contributed by atoms with Gasteiger partial charge in [-0.1, -0.05) is 56.0 Å². The minimum Gasteiger partial charge on any atom is -0.454 e. The number of para-hydroxylation sites is 2. The van der Waals surface area contributed by atoms with E-state index in [0.29, 0.717) is 17.2 Å². The molecule has 5 heteroatoms. The number of rotatable bonds is 2. The number of benzene rings is 3. The molecule has 0 spiro atoms. The third-order valence-corrected chi connectivity index (χ3v) is 4.44. The average Bonchev–Trinajstić information content (AvgIpc) is 2.84. The highest BCUT2D eigenvalue weighted by Crippen LogP contribution is 2.42. The molecule has 0 atom stereocenters. The molecule has 142 valence electrons. The van der Waals surface area contributed by atoms with Gasteiger partial charge in [0.2, 0.25) is 0 Å². The summed E-state index contributed by atoms with van der Waals surface area (Å²) in [6.07, 6.45) is 1.14. The average molecular weight is 374 g/mol. The van der Waals surface area contributed by atoms with Crippen LogP contribution in [-0.4, -0.2) is 4.92 Å². The molecule has 4 rings (SSSR count). The third-order valence-electron chi connectivity index (χ3n) is 4.44. The summed E-state index contributed by atoms with van der Waals surface area (Å²) in [6, 6.07) is 20.8. The van der Waals surface area contributed by atoms with Gasteiger partial charge in [-0.15, -0.1) is 0 Å². The van der Waals surface area contributed by atoms with Crippen LogP contribution in [-0.2, 0) is 6.42 Å². The van der Waals surface area contributed by atoms with E-state index in [-0.39, 0.29) is 5.69 Å². The molecule has 0 saturated heterocycles. The molecule has 0 amide bonds. The molecule has 0 radical (unpaired) electrons. The zero-order valence-electron chi connectivity index (χ0n) is 15.9. The first-order valence-electron chi connectivity index (χ1n) is 9.05. The fraction of sp³-hybridized carbons (Fsp3) is 0.130. The van der Waals surface area contributed by atoms with E-state index in [1.165, 1.54) is 17.7 Å². The van der Waals surface area contributed by atoms with Gasteiger partial charge in [-0.3, -0.25) is 10.1 Å². The number of anilines is 1. The van der Waals surface area contributed by atoms with E-state index in [1.54, 1.807) is 13.0 Å². The number of hydrogen-bond acceptors (Lipinski definition) is 4. The summed E-state index contributed by atoms with van der Waals surface area (Å²) in [5.41, 5.74) is 4.38. The van der Waals surface area contributed by atoms with E-state index in [1.807, 2.05) is 24.3 Å². The lowest BCUT2D eigenvalue weighted by Crippen LogP contribution is -1.99. The van der Waals surface area contributed by atoms with Gasteiger partial charge in [0, 0.05) is 17.3 Å². The summed E-state index contributed by atoms with van der Waals surface area (Å²) in [6.45, 7) is 7.95. The van der Waals surface area contributed by atoms with Gasteiger partial charge >= 0.3 is 0 Å². The van der Waals surface area contributed by atoms with Gasteiger partial charge in [-0.05, 0) is 36.6 Å². The second-order valence-corrected chi connectivity index (χ2v) is 6.43. The Morgan fingerprint density at radius 2 is 1.71 bits per heavy atom. The van der Waals surface area contributed by atoms with Crippen LogP contribution < -0.4 is 10.1 Å². The van der Waals surface area contributed by atoms with Crippen LogP contribution in [0.4, 0.5) is 11.4 Å². The Balaban J connectivity index is 0.000000236. The zero-order chi connectivity index (χ0) is 20.1. The van der Waals surface area contributed by atoms with Gasteiger partial charge in [0.15, 0.2) is 5.75 Å². The summed E-state index contributed by atoms with van der Waals surface area (Å²) < 4.78 is 5.82. The Morgan fingerprint density at radius 1 is 1.04 bits per heavy atom. The number of nitro groups is 1. The third kappa shape index (κ3) is 4.20. The van der Waals surface area contributed by atoms with Gasteiger partial charge in [0.25, 0.3) is 5.69 Å². The first-order valence-corrected chi connectivity index (χ1v) is 9.05. The van der Waals surface area contributed by atoms with Crippen LogP contribution in [0, 0.1) is 17.0 Å². The summed E-state index contributed by atoms with van der Waals surface area (Å²) in [5, 5.41) is 14.1. The molecule has 0 unspecified atom stereocenters. The van der Waals surface area contributed by atoms with Gasteiger partial charge in [0.1, 0.15) is 5.75 Å². The molecule has 1 N–H and O–H groups in total. The number of non-ortho nitro benzene ring substituents is 1. The van der Waals surface area contributed by atoms with Crippen LogP contribution >= 0.6 is 0 Å². The minimum atomic E-state index is -0.427. The highest BCUT2D eigenvalue weighted by Gasteiger charge is 2.22. The zero-order valence-corrected chi connectivity index (χ0v) is 15.9. The van der Waals surface area contributed by atoms with Crippen molar-refractivity contribution in [2.75, 3.05) is 5.32 Å². The first-order chi connectivity index (χ1) is 13.5. The SMILES string of the molecule is C=C1Nc2ccccc2Oc2cc([N+](=O)[O-])cc(C)c21.CCc1ccccc1. The molecule has 0 aromatic heterocycles. The van der Waals surface area contributed by atoms with Gasteiger partial charge in [-0.2, -0.15) is 0 Å². The topological polar surface area (TPSA) is 64.4 Å². The van der Waals surface area contributed by atoms with E-state index < -0.39 is 4.92 Å². The number of nitrogens with zero attached hydrogens (tertiary/aromatic N) is 1. The second-order valence-electron chi connectivity index (χ2n) is 6.43. The number of fused-ring (bicyclic) bond motifs is 2. The monoisotopic (exact) mass is 374 g/mol. The van der Waals surface area contributed by atoms with Crippen molar-refractivity contribution in [1.82, 2.24) is 0 Å². The van der Waals surface area contributed by atoms with Crippen LogP contribution in [0.5, 0.6) is 11.5 Å². The standard InChI is InChI=1S/C15H12N2O3.C8H10/c1-9-7-11(17(18)19)8-14-15(9)10(2)16-12-5-3-4-6-13(12)20-14;1-2-8-6-4-3-5-7-8/h3-8,16H,2H2,1H3;3-7H,2H2,1H3. The van der Waals surface area contributed by atoms with E-state index in [2.05, 4.69) is 43.1 Å². The molecule has 3 aromatic carbocycles. The van der Waals surface area contributed by atoms with Crippen molar-refractivity contribution in [2.45, 2.75) is 20.3 Å². The highest BCUT2D eigenvalue weighted by atomic mass is 16.6. The maximum atomic E-state index is 11.0. The first kappa shape index (κ1) is 19.2. The van der Waals surface area contributed by atoms with Gasteiger partial charge in [-0.25, -0.2) is 0 Å². The molecule has 5 nitrogen and oxygen atoms in total. The Bertz CT molecular complexity index is 1010. The summed E-state index contributed by atoms with van der Waals surface area (Å²) in [4.78, 5) is 10.5. The minimum absolute atomic E-state index is 0.00781. The Morgan fingerprint density at radius 3 is 2.36 bits per heavy atom. The van der Waals surface area contributed by atoms with E-state index in [0.717, 1.165) is 23.2 Å². The molecule has 1 aliphatic heterocycles. The maximum Gasteiger partial charge on any atom is 0.273 e. The van der Waals surface area contributed by atoms with Crippen molar-refractivity contribution in [1.29, 1.82) is 0 Å². The molecular weight excluding hydrogens is 352 g/mol. The fourth-order valence-electron chi connectivity index (χ4n) is 3.03. The molecule has 1 heterocycles. The molecule has 0 bridgehead atoms. The molecule has 0 saturated carbocycles. The van der Waals surface area contributed by atoms with Crippen LogP contribution in [0.25, 0.3) is 5.70 Å². The number of hydrogen-bond donors (Lipinski definition) is 1. The van der Waals surface area contributed by atoms with E-state index in [4.69, 9.17) is 4.74 Å². The lowest BCUT2D eigenvalue weighted by atomic mass is 10.0. The maximum absolute atomic E-state index is 11.0. The smallest absolute Gasteiger partial charge is 0.273 e. The number of nitro benzene ring substituents is 1. The Labute approximate surface area is 164 Å². The fourth-order valence-corrected chi connectivity index (χ4v) is 3.03. The Hall–Kier alpha value is -3.60. The molecule has 1 aliphatic rings. The molecule has 28 heavy (non-hydrogen) atoms. The lowest BCUT2D eigenvalue weighted by Gasteiger charge is -2.10. The van der Waals surface area contributed by atoms with Gasteiger partial charge in [0.05, 0.1) is 16.7 Å². The number of aryl methyl sites for hydroxylation is 2. The quantitative estimate of drug-likeness (QED) is 0.420. The van der Waals surface area contributed by atoms with Crippen molar-refractivity contribution in [2.24, 2.45) is 0 Å². The number of ether oxygens (including phenoxy) is 1. The molecule has 0 aliphatic carbocycles. The summed E-state index contributed by atoms with van der Waals surface area (Å²) in [7, 11) is 0. The lowest BCUT2D eigenvalue weighted by molar-refractivity contribution is -0.385. The van der Waals surface area contributed by atoms with Crippen molar-refractivity contribution >= 4 is 17.1 Å². The van der Waals surface area contributed by atoms with Crippen LogP contribution in [0.3, 0.4) is 0 Å². The van der Waals surface area contributed by atoms with Crippen molar-refractivity contribution in [3.63, 3.8) is 0 Å². The molecular formula is C23H22N2O3. The summed E-state index contributed by atoms with van der Waals surface area (Å²) in [5.74, 6) is 1.06. The largest absolute Gasteiger partial charge is 0.454 e. The molecule has 3 aromatic rings. The predicted octanol–water partition coefficient (Wildman–Crippen LogP) is 6.34. The number of nitrogens with one attached hydrogen (secondary N) is 1. The summed E-state index contributed by atoms with van der Waals surface area (Å²) >= 11 is 0. The second kappa shape index (κ2) is 8.39. The van der Waals surface area contributed by atoms with Crippen LogP contribution in [0.15, 0.2) is 73.3 Å². The van der Waals surface area contributed by atoms with E-state index in [9.17, 15) is 10.1 Å². The van der Waals surface area contributed by atoms with Crippen LogP contribution in [0.2, 0.25) is 0 Å². The van der Waals surface area contributed by atoms with Gasteiger partial charge < -0.3 is 10.1 Å². The van der Waals surface area contributed by atoms with Crippen molar-refractivity contribution < 1.29 is 9.66 Å². The Kier molecular flexibility index (Phi) is 5.75. The predicted molar refractivity (Wildman–Crippen MR) is 113 cm³/mol. The van der Waals surface area contributed by atoms with Crippen LogP contribution in [0.1, 0.15) is 23.6 Å². The van der Waals surface area contributed by atoms with Crippen molar-refractivity contribution in [3.8, 4) is 11.5 Å². The van der Waals surface area contributed by atoms with Crippen molar-refractivity contribution in [3.05, 3.63) is 100 Å². The normalized spacial score (nSPS) is 11.6.